The van der Waals surface area contributed by atoms with Crippen LogP contribution in [-0.2, 0) is 19.4 Å². The highest BCUT2D eigenvalue weighted by Gasteiger charge is 2.34. The molecule has 0 unspecified atom stereocenters. The minimum absolute atomic E-state index is 0.0512. The van der Waals surface area contributed by atoms with Crippen LogP contribution in [0.2, 0.25) is 0 Å². The molecule has 1 fully saturated rings. The first-order valence-electron chi connectivity index (χ1n) is 7.71. The summed E-state index contributed by atoms with van der Waals surface area (Å²) in [5.41, 5.74) is 0. The number of hydrogen-bond acceptors (Lipinski definition) is 6. The molecule has 8 heteroatoms. The molecule has 1 atom stereocenters. The van der Waals surface area contributed by atoms with E-state index in [0.717, 1.165) is 10.6 Å². The Balaban J connectivity index is 1.96. The van der Waals surface area contributed by atoms with Gasteiger partial charge in [-0.2, -0.15) is 0 Å². The topological polar surface area (TPSA) is 72.9 Å². The van der Waals surface area contributed by atoms with Crippen molar-refractivity contribution in [3.63, 3.8) is 0 Å². The Morgan fingerprint density at radius 1 is 1.29 bits per heavy atom. The molecular weight excluding hydrogens is 350 g/mol. The third kappa shape index (κ3) is 5.39. The lowest BCUT2D eigenvalue weighted by atomic mass is 10.2. The number of benzene rings is 1. The van der Waals surface area contributed by atoms with E-state index in [4.69, 9.17) is 9.47 Å². The second-order valence-electron chi connectivity index (χ2n) is 5.60. The maximum absolute atomic E-state index is 12.6. The lowest BCUT2D eigenvalue weighted by Gasteiger charge is -2.28. The Morgan fingerprint density at radius 2 is 2.00 bits per heavy atom. The van der Waals surface area contributed by atoms with E-state index in [1.54, 1.807) is 19.1 Å². The monoisotopic (exact) mass is 373 g/mol. The molecule has 0 aliphatic carbocycles. The van der Waals surface area contributed by atoms with E-state index in [1.807, 2.05) is 24.3 Å². The maximum atomic E-state index is 12.6. The molecule has 0 N–H and O–H groups in total. The standard InChI is InChI=1S/C16H23NO5S2/c1-21-9-8-17(13-7-10-24(19,20)12-13)16(18)11-23-15-5-3-14(22-2)4-6-15/h3-6,13H,7-12H2,1-2H3/t13-/m0/s1. The number of thioether (sulfide) groups is 1. The minimum Gasteiger partial charge on any atom is -0.497 e. The Hall–Kier alpha value is -1.25. The zero-order valence-corrected chi connectivity index (χ0v) is 15.6. The highest BCUT2D eigenvalue weighted by atomic mass is 32.2. The van der Waals surface area contributed by atoms with Crippen LogP contribution < -0.4 is 4.74 Å². The second-order valence-corrected chi connectivity index (χ2v) is 8.88. The maximum Gasteiger partial charge on any atom is 0.233 e. The van der Waals surface area contributed by atoms with Gasteiger partial charge >= 0.3 is 0 Å². The molecule has 1 aromatic carbocycles. The van der Waals surface area contributed by atoms with E-state index in [1.165, 1.54) is 11.8 Å². The summed E-state index contributed by atoms with van der Waals surface area (Å²) in [7, 11) is 0.147. The summed E-state index contributed by atoms with van der Waals surface area (Å²) in [6.07, 6.45) is 0.505. The molecular formula is C16H23NO5S2. The molecule has 24 heavy (non-hydrogen) atoms. The Morgan fingerprint density at radius 3 is 2.54 bits per heavy atom. The second kappa shape index (κ2) is 8.73. The summed E-state index contributed by atoms with van der Waals surface area (Å²) in [6.45, 7) is 0.814. The van der Waals surface area contributed by atoms with Crippen LogP contribution in [0, 0.1) is 0 Å². The van der Waals surface area contributed by atoms with Crippen molar-refractivity contribution in [2.24, 2.45) is 0 Å². The van der Waals surface area contributed by atoms with Crippen LogP contribution >= 0.6 is 11.8 Å². The van der Waals surface area contributed by atoms with Crippen molar-refractivity contribution in [3.05, 3.63) is 24.3 Å². The molecule has 134 valence electrons. The van der Waals surface area contributed by atoms with Crippen LogP contribution in [0.4, 0.5) is 0 Å². The Kier molecular flexibility index (Phi) is 6.94. The molecule has 1 heterocycles. The van der Waals surface area contributed by atoms with E-state index in [0.29, 0.717) is 19.6 Å². The summed E-state index contributed by atoms with van der Waals surface area (Å²) in [5, 5.41) is 0. The van der Waals surface area contributed by atoms with Gasteiger partial charge in [-0.15, -0.1) is 11.8 Å². The fraction of sp³-hybridized carbons (Fsp3) is 0.562. The summed E-state index contributed by atoms with van der Waals surface area (Å²) < 4.78 is 33.6. The van der Waals surface area contributed by atoms with Gasteiger partial charge in [-0.05, 0) is 30.7 Å². The van der Waals surface area contributed by atoms with Crippen molar-refractivity contribution in [1.29, 1.82) is 0 Å². The molecule has 1 amide bonds. The summed E-state index contributed by atoms with van der Waals surface area (Å²) in [4.78, 5) is 15.2. The molecule has 0 bridgehead atoms. The Labute approximate surface area is 147 Å². The normalized spacial score (nSPS) is 19.2. The van der Waals surface area contributed by atoms with E-state index >= 15 is 0 Å². The highest BCUT2D eigenvalue weighted by Crippen LogP contribution is 2.23. The van der Waals surface area contributed by atoms with Gasteiger partial charge in [-0.3, -0.25) is 4.79 Å². The molecule has 0 radical (unpaired) electrons. The molecule has 0 saturated carbocycles. The van der Waals surface area contributed by atoms with Crippen LogP contribution in [-0.4, -0.2) is 69.9 Å². The van der Waals surface area contributed by atoms with Crippen LogP contribution in [0.5, 0.6) is 5.75 Å². The van der Waals surface area contributed by atoms with Crippen molar-refractivity contribution >= 4 is 27.5 Å². The van der Waals surface area contributed by atoms with Crippen LogP contribution in [0.1, 0.15) is 6.42 Å². The number of hydrogen-bond donors (Lipinski definition) is 0. The average molecular weight is 373 g/mol. The van der Waals surface area contributed by atoms with Crippen LogP contribution in [0.15, 0.2) is 29.2 Å². The van der Waals surface area contributed by atoms with Crippen molar-refractivity contribution in [3.8, 4) is 5.75 Å². The summed E-state index contributed by atoms with van der Waals surface area (Å²) in [6, 6.07) is 7.25. The first-order chi connectivity index (χ1) is 11.4. The fourth-order valence-electron chi connectivity index (χ4n) is 2.62. The van der Waals surface area contributed by atoms with Crippen molar-refractivity contribution < 1.29 is 22.7 Å². The van der Waals surface area contributed by atoms with Gasteiger partial charge in [0.05, 0.1) is 31.0 Å². The highest BCUT2D eigenvalue weighted by molar-refractivity contribution is 8.00. The van der Waals surface area contributed by atoms with Gasteiger partial charge < -0.3 is 14.4 Å². The molecule has 0 aromatic heterocycles. The lowest BCUT2D eigenvalue weighted by Crippen LogP contribution is -2.44. The molecule has 0 spiro atoms. The third-order valence-electron chi connectivity index (χ3n) is 3.93. The van der Waals surface area contributed by atoms with Gasteiger partial charge in [0.2, 0.25) is 5.91 Å². The van der Waals surface area contributed by atoms with Crippen LogP contribution in [0.3, 0.4) is 0 Å². The first kappa shape index (κ1) is 19.1. The average Bonchev–Trinajstić information content (AvgIpc) is 2.93. The number of ether oxygens (including phenoxy) is 2. The van der Waals surface area contributed by atoms with E-state index in [-0.39, 0.29) is 29.2 Å². The zero-order chi connectivity index (χ0) is 17.6. The number of nitrogens with zero attached hydrogens (tertiary/aromatic N) is 1. The van der Waals surface area contributed by atoms with E-state index in [2.05, 4.69) is 0 Å². The molecule has 1 aromatic rings. The minimum atomic E-state index is -3.03. The molecule has 1 aliphatic heterocycles. The zero-order valence-electron chi connectivity index (χ0n) is 13.9. The summed E-state index contributed by atoms with van der Waals surface area (Å²) >= 11 is 1.43. The van der Waals surface area contributed by atoms with E-state index < -0.39 is 9.84 Å². The quantitative estimate of drug-likeness (QED) is 0.642. The smallest absolute Gasteiger partial charge is 0.233 e. The van der Waals surface area contributed by atoms with Crippen molar-refractivity contribution in [2.75, 3.05) is 44.6 Å². The largest absolute Gasteiger partial charge is 0.497 e. The number of methoxy groups -OCH3 is 2. The number of carbonyl (C=O) groups excluding carboxylic acids is 1. The number of amides is 1. The number of carbonyl (C=O) groups is 1. The van der Waals surface area contributed by atoms with Gasteiger partial charge in [0.15, 0.2) is 9.84 Å². The lowest BCUT2D eigenvalue weighted by molar-refractivity contribution is -0.130. The third-order valence-corrected chi connectivity index (χ3v) is 6.67. The van der Waals surface area contributed by atoms with E-state index in [9.17, 15) is 13.2 Å². The predicted octanol–water partition coefficient (Wildman–Crippen LogP) is 1.45. The fourth-order valence-corrected chi connectivity index (χ4v) is 5.14. The van der Waals surface area contributed by atoms with Gasteiger partial charge in [-0.25, -0.2) is 8.42 Å². The number of rotatable bonds is 8. The van der Waals surface area contributed by atoms with Crippen molar-refractivity contribution in [2.45, 2.75) is 17.4 Å². The molecule has 1 saturated heterocycles. The molecule has 6 nitrogen and oxygen atoms in total. The van der Waals surface area contributed by atoms with Gasteiger partial charge in [0.25, 0.3) is 0 Å². The first-order valence-corrected chi connectivity index (χ1v) is 10.5. The SMILES string of the molecule is COCCN(C(=O)CSc1ccc(OC)cc1)[C@H]1CCS(=O)(=O)C1. The molecule has 1 aliphatic rings. The van der Waals surface area contributed by atoms with Gasteiger partial charge in [0, 0.05) is 24.6 Å². The van der Waals surface area contributed by atoms with Crippen molar-refractivity contribution in [1.82, 2.24) is 4.90 Å². The van der Waals surface area contributed by atoms with Gasteiger partial charge in [-0.1, -0.05) is 0 Å². The predicted molar refractivity (Wildman–Crippen MR) is 94.4 cm³/mol. The summed E-state index contributed by atoms with van der Waals surface area (Å²) in [5.74, 6) is 1.18. The number of sulfone groups is 1. The molecule has 2 rings (SSSR count). The van der Waals surface area contributed by atoms with Crippen LogP contribution in [0.25, 0.3) is 0 Å². The Bertz CT molecular complexity index is 645. The van der Waals surface area contributed by atoms with Gasteiger partial charge in [0.1, 0.15) is 5.75 Å².